The lowest BCUT2D eigenvalue weighted by atomic mass is 10.2. The molecule has 0 atom stereocenters. The number of hydrogen-bond acceptors (Lipinski definition) is 4. The van der Waals surface area contributed by atoms with Crippen LogP contribution in [0, 0.1) is 11.6 Å². The van der Waals surface area contributed by atoms with Crippen LogP contribution in [-0.4, -0.2) is 24.5 Å². The molecule has 0 aliphatic rings. The SMILES string of the molecule is O=C(COC(=O)c1c(F)cccc1Cl)NC(=O)Nc1ccccc1F. The maximum Gasteiger partial charge on any atom is 0.343 e. The lowest BCUT2D eigenvalue weighted by Gasteiger charge is -2.09. The minimum Gasteiger partial charge on any atom is -0.452 e. The van der Waals surface area contributed by atoms with Crippen LogP contribution in [-0.2, 0) is 9.53 Å². The fraction of sp³-hybridized carbons (Fsp3) is 0.0625. The summed E-state index contributed by atoms with van der Waals surface area (Å²) in [4.78, 5) is 34.9. The number of para-hydroxylation sites is 1. The van der Waals surface area contributed by atoms with Crippen LogP contribution in [0.4, 0.5) is 19.3 Å². The van der Waals surface area contributed by atoms with Gasteiger partial charge in [-0.15, -0.1) is 0 Å². The summed E-state index contributed by atoms with van der Waals surface area (Å²) >= 11 is 5.69. The van der Waals surface area contributed by atoms with Gasteiger partial charge < -0.3 is 10.1 Å². The van der Waals surface area contributed by atoms with Gasteiger partial charge in [-0.2, -0.15) is 0 Å². The minimum absolute atomic E-state index is 0.136. The number of amides is 3. The molecule has 0 bridgehead atoms. The average Bonchev–Trinajstić information content (AvgIpc) is 2.55. The van der Waals surface area contributed by atoms with Gasteiger partial charge in [0.1, 0.15) is 17.2 Å². The van der Waals surface area contributed by atoms with Gasteiger partial charge in [-0.05, 0) is 24.3 Å². The van der Waals surface area contributed by atoms with Crippen molar-refractivity contribution in [1.29, 1.82) is 0 Å². The average molecular weight is 369 g/mol. The number of hydrogen-bond donors (Lipinski definition) is 2. The van der Waals surface area contributed by atoms with Crippen LogP contribution in [0.5, 0.6) is 0 Å². The number of benzene rings is 2. The zero-order valence-electron chi connectivity index (χ0n) is 12.5. The normalized spacial score (nSPS) is 10.0. The van der Waals surface area contributed by atoms with Gasteiger partial charge in [0.25, 0.3) is 5.91 Å². The largest absolute Gasteiger partial charge is 0.452 e. The molecule has 25 heavy (non-hydrogen) atoms. The predicted molar refractivity (Wildman–Crippen MR) is 85.3 cm³/mol. The van der Waals surface area contributed by atoms with Gasteiger partial charge >= 0.3 is 12.0 Å². The van der Waals surface area contributed by atoms with Crippen LogP contribution in [0.15, 0.2) is 42.5 Å². The van der Waals surface area contributed by atoms with E-state index < -0.39 is 41.7 Å². The molecule has 0 saturated heterocycles. The van der Waals surface area contributed by atoms with Crippen molar-refractivity contribution in [2.24, 2.45) is 0 Å². The van der Waals surface area contributed by atoms with Crippen molar-refractivity contribution in [2.75, 3.05) is 11.9 Å². The molecule has 2 aromatic carbocycles. The molecule has 0 heterocycles. The van der Waals surface area contributed by atoms with E-state index in [0.29, 0.717) is 0 Å². The molecule has 2 N–H and O–H groups in total. The Bertz CT molecular complexity index is 809. The molecular formula is C16H11ClF2N2O4. The van der Waals surface area contributed by atoms with E-state index in [4.69, 9.17) is 11.6 Å². The van der Waals surface area contributed by atoms with Gasteiger partial charge in [0, 0.05) is 0 Å². The predicted octanol–water partition coefficient (Wildman–Crippen LogP) is 3.12. The molecule has 0 unspecified atom stereocenters. The number of ether oxygens (including phenoxy) is 1. The Morgan fingerprint density at radius 2 is 1.68 bits per heavy atom. The topological polar surface area (TPSA) is 84.5 Å². The van der Waals surface area contributed by atoms with Crippen molar-refractivity contribution in [2.45, 2.75) is 0 Å². The molecular weight excluding hydrogens is 358 g/mol. The summed E-state index contributed by atoms with van der Waals surface area (Å²) in [6.07, 6.45) is 0. The lowest BCUT2D eigenvalue weighted by molar-refractivity contribution is -0.123. The molecule has 0 saturated carbocycles. The zero-order valence-corrected chi connectivity index (χ0v) is 13.3. The molecule has 130 valence electrons. The summed E-state index contributed by atoms with van der Waals surface area (Å²) in [6, 6.07) is 7.89. The molecule has 0 spiro atoms. The molecule has 0 aliphatic carbocycles. The maximum atomic E-state index is 13.5. The van der Waals surface area contributed by atoms with E-state index in [0.717, 1.165) is 12.1 Å². The third kappa shape index (κ3) is 4.98. The number of imide groups is 1. The fourth-order valence-corrected chi connectivity index (χ4v) is 2.02. The molecule has 9 heteroatoms. The first kappa shape index (κ1) is 18.3. The van der Waals surface area contributed by atoms with Crippen LogP contribution in [0.2, 0.25) is 5.02 Å². The van der Waals surface area contributed by atoms with E-state index in [1.54, 1.807) is 0 Å². The summed E-state index contributed by atoms with van der Waals surface area (Å²) < 4.78 is 31.5. The Kier molecular flexibility index (Phi) is 6.02. The molecule has 0 aliphatic heterocycles. The van der Waals surface area contributed by atoms with Crippen molar-refractivity contribution in [3.63, 3.8) is 0 Å². The molecule has 6 nitrogen and oxygen atoms in total. The molecule has 2 rings (SSSR count). The Morgan fingerprint density at radius 3 is 2.36 bits per heavy atom. The number of anilines is 1. The first-order valence-electron chi connectivity index (χ1n) is 6.85. The number of carbonyl (C=O) groups is 3. The van der Waals surface area contributed by atoms with Crippen LogP contribution in [0.1, 0.15) is 10.4 Å². The molecule has 2 aromatic rings. The third-order valence-electron chi connectivity index (χ3n) is 2.88. The standard InChI is InChI=1S/C16H11ClF2N2O4/c17-9-4-3-6-11(19)14(9)15(23)25-8-13(22)21-16(24)20-12-7-2-1-5-10(12)18/h1-7H,8H2,(H2,20,21,22,24). The minimum atomic E-state index is -1.16. The number of halogens is 3. The van der Waals surface area contributed by atoms with Gasteiger partial charge in [-0.1, -0.05) is 29.8 Å². The Labute approximate surface area is 145 Å². The first-order chi connectivity index (χ1) is 11.9. The first-order valence-corrected chi connectivity index (χ1v) is 7.23. The van der Waals surface area contributed by atoms with Crippen LogP contribution >= 0.6 is 11.6 Å². The van der Waals surface area contributed by atoms with Crippen molar-refractivity contribution >= 4 is 35.2 Å². The summed E-state index contributed by atoms with van der Waals surface area (Å²) in [5, 5.41) is 3.77. The summed E-state index contributed by atoms with van der Waals surface area (Å²) in [6.45, 7) is -0.853. The number of rotatable bonds is 4. The van der Waals surface area contributed by atoms with E-state index in [9.17, 15) is 23.2 Å². The number of urea groups is 1. The van der Waals surface area contributed by atoms with Gasteiger partial charge in [0.05, 0.1) is 10.7 Å². The van der Waals surface area contributed by atoms with E-state index in [1.807, 2.05) is 5.32 Å². The molecule has 3 amide bonds. The van der Waals surface area contributed by atoms with Gasteiger partial charge in [0.15, 0.2) is 6.61 Å². The summed E-state index contributed by atoms with van der Waals surface area (Å²) in [7, 11) is 0. The summed E-state index contributed by atoms with van der Waals surface area (Å²) in [5.74, 6) is -3.75. The van der Waals surface area contributed by atoms with Gasteiger partial charge in [0.2, 0.25) is 0 Å². The monoisotopic (exact) mass is 368 g/mol. The molecule has 0 radical (unpaired) electrons. The Hall–Kier alpha value is -3.00. The molecule has 0 fully saturated rings. The Balaban J connectivity index is 1.87. The highest BCUT2D eigenvalue weighted by molar-refractivity contribution is 6.33. The Morgan fingerprint density at radius 1 is 1.00 bits per heavy atom. The number of nitrogens with one attached hydrogen (secondary N) is 2. The van der Waals surface area contributed by atoms with E-state index in [-0.39, 0.29) is 10.7 Å². The van der Waals surface area contributed by atoms with Gasteiger partial charge in [-0.25, -0.2) is 18.4 Å². The highest BCUT2D eigenvalue weighted by Crippen LogP contribution is 2.19. The van der Waals surface area contributed by atoms with Crippen molar-refractivity contribution in [3.8, 4) is 0 Å². The van der Waals surface area contributed by atoms with Crippen LogP contribution in [0.3, 0.4) is 0 Å². The van der Waals surface area contributed by atoms with E-state index in [1.165, 1.54) is 30.3 Å². The number of carbonyl (C=O) groups excluding carboxylic acids is 3. The van der Waals surface area contributed by atoms with Crippen molar-refractivity contribution in [3.05, 3.63) is 64.7 Å². The van der Waals surface area contributed by atoms with Crippen molar-refractivity contribution in [1.82, 2.24) is 5.32 Å². The van der Waals surface area contributed by atoms with Crippen LogP contribution in [0.25, 0.3) is 0 Å². The maximum absolute atomic E-state index is 13.5. The van der Waals surface area contributed by atoms with E-state index >= 15 is 0 Å². The molecule has 0 aromatic heterocycles. The fourth-order valence-electron chi connectivity index (χ4n) is 1.77. The second-order valence-corrected chi connectivity index (χ2v) is 5.06. The number of esters is 1. The van der Waals surface area contributed by atoms with E-state index in [2.05, 4.69) is 10.1 Å². The summed E-state index contributed by atoms with van der Waals surface area (Å²) in [5.41, 5.74) is -0.657. The third-order valence-corrected chi connectivity index (χ3v) is 3.19. The lowest BCUT2D eigenvalue weighted by Crippen LogP contribution is -2.37. The van der Waals surface area contributed by atoms with Crippen molar-refractivity contribution < 1.29 is 27.9 Å². The highest BCUT2D eigenvalue weighted by Gasteiger charge is 2.19. The zero-order chi connectivity index (χ0) is 18.4. The smallest absolute Gasteiger partial charge is 0.343 e. The second-order valence-electron chi connectivity index (χ2n) is 4.65. The van der Waals surface area contributed by atoms with Gasteiger partial charge in [-0.3, -0.25) is 10.1 Å². The highest BCUT2D eigenvalue weighted by atomic mass is 35.5. The quantitative estimate of drug-likeness (QED) is 0.812. The van der Waals surface area contributed by atoms with Crippen LogP contribution < -0.4 is 10.6 Å². The second kappa shape index (κ2) is 8.20.